The number of sulfonamides is 1. The smallest absolute Gasteiger partial charge is 0.417 e. The number of amides is 1. The van der Waals surface area contributed by atoms with Crippen LogP contribution >= 0.6 is 11.6 Å². The van der Waals surface area contributed by atoms with Gasteiger partial charge in [-0.25, -0.2) is 21.9 Å². The molecule has 292 valence electrons. The van der Waals surface area contributed by atoms with Gasteiger partial charge in [-0.3, -0.25) is 4.79 Å². The fraction of sp³-hybridized carbons (Fsp3) is 0.455. The third kappa shape index (κ3) is 11.0. The van der Waals surface area contributed by atoms with Crippen molar-refractivity contribution < 1.29 is 54.1 Å². The van der Waals surface area contributed by atoms with Crippen molar-refractivity contribution in [3.8, 4) is 17.5 Å². The maximum Gasteiger partial charge on any atom is 0.417 e. The normalized spacial score (nSPS) is 11.6. The lowest BCUT2D eigenvalue weighted by atomic mass is 10.0. The number of anilines is 2. The van der Waals surface area contributed by atoms with Crippen LogP contribution in [0.25, 0.3) is 5.65 Å². The molecule has 53 heavy (non-hydrogen) atoms. The summed E-state index contributed by atoms with van der Waals surface area (Å²) in [6.07, 6.45) is -4.22. The Bertz CT molecular complexity index is 1870. The summed E-state index contributed by atoms with van der Waals surface area (Å²) in [6, 6.07) is 8.20. The van der Waals surface area contributed by atoms with E-state index in [4.69, 9.17) is 25.8 Å². The molecule has 0 fully saturated rings. The number of benzene rings is 2. The lowest BCUT2D eigenvalue weighted by Crippen LogP contribution is -2.36. The molecule has 0 unspecified atom stereocenters. The third-order valence-corrected chi connectivity index (χ3v) is 8.94. The molecule has 2 aromatic carbocycles. The van der Waals surface area contributed by atoms with Crippen molar-refractivity contribution in [1.82, 2.24) is 19.6 Å². The predicted molar refractivity (Wildman–Crippen MR) is 187 cm³/mol. The Morgan fingerprint density at radius 3 is 2.21 bits per heavy atom. The zero-order chi connectivity index (χ0) is 39.3. The van der Waals surface area contributed by atoms with Crippen LogP contribution in [0.3, 0.4) is 0 Å². The van der Waals surface area contributed by atoms with Crippen LogP contribution in [-0.4, -0.2) is 86.8 Å². The number of nitrogens with one attached hydrogen (secondary N) is 1. The van der Waals surface area contributed by atoms with Gasteiger partial charge in [0.15, 0.2) is 5.75 Å². The van der Waals surface area contributed by atoms with Crippen molar-refractivity contribution in [2.75, 3.05) is 56.1 Å². The number of alkyl halides is 6. The molecule has 20 heteroatoms. The van der Waals surface area contributed by atoms with E-state index >= 15 is 0 Å². The topological polar surface area (TPSA) is 146 Å². The highest BCUT2D eigenvalue weighted by Crippen LogP contribution is 2.39. The number of halogens is 6. The van der Waals surface area contributed by atoms with Gasteiger partial charge in [0.25, 0.3) is 22.4 Å². The standard InChI is InChI=1S/C17H26ClNO2.C16H14F5N5O5S/c1-4-11-21-12-10-19(16(20)13-18)17-14(5-2)8-7-9-15(17)6-3;1-29-10-6-22-15(30-2)26-13(10)23-14(24-26)25-32(27,28)12-8(16(19,20)21)4-3-5-9(12)31-7-11(17)18/h7-9H,4-6,10-13H2,1-3H3;3-6,11H,7H2,1-2H3,(H,24,25). The van der Waals surface area contributed by atoms with Gasteiger partial charge in [-0.1, -0.05) is 45.0 Å². The van der Waals surface area contributed by atoms with Gasteiger partial charge in [-0.15, -0.1) is 16.7 Å². The van der Waals surface area contributed by atoms with Crippen LogP contribution in [0.4, 0.5) is 33.6 Å². The van der Waals surface area contributed by atoms with Gasteiger partial charge < -0.3 is 23.8 Å². The molecular formula is C33H40ClF5N6O7S. The number of aromatic nitrogens is 4. The van der Waals surface area contributed by atoms with Crippen molar-refractivity contribution in [3.05, 3.63) is 59.3 Å². The summed E-state index contributed by atoms with van der Waals surface area (Å²) in [5, 5.41) is 3.80. The molecule has 1 N–H and O–H groups in total. The van der Waals surface area contributed by atoms with E-state index in [1.807, 2.05) is 0 Å². The highest BCUT2D eigenvalue weighted by atomic mass is 35.5. The third-order valence-electron chi connectivity index (χ3n) is 7.30. The minimum atomic E-state index is -5.14. The van der Waals surface area contributed by atoms with Crippen LogP contribution in [0.5, 0.6) is 17.5 Å². The van der Waals surface area contributed by atoms with E-state index in [1.165, 1.54) is 31.5 Å². The van der Waals surface area contributed by atoms with Crippen molar-refractivity contribution >= 4 is 44.8 Å². The average Bonchev–Trinajstić information content (AvgIpc) is 3.55. The van der Waals surface area contributed by atoms with Crippen LogP contribution in [-0.2, 0) is 38.6 Å². The van der Waals surface area contributed by atoms with Crippen molar-refractivity contribution in [2.24, 2.45) is 0 Å². The number of aryl methyl sites for hydroxylation is 2. The summed E-state index contributed by atoms with van der Waals surface area (Å²) >= 11 is 5.80. The minimum Gasteiger partial charge on any atom is -0.491 e. The van der Waals surface area contributed by atoms with Gasteiger partial charge in [-0.05, 0) is 42.5 Å². The van der Waals surface area contributed by atoms with E-state index in [9.17, 15) is 35.2 Å². The Morgan fingerprint density at radius 2 is 1.66 bits per heavy atom. The van der Waals surface area contributed by atoms with Gasteiger partial charge in [0.1, 0.15) is 23.1 Å². The predicted octanol–water partition coefficient (Wildman–Crippen LogP) is 6.41. The number of methoxy groups -OCH3 is 2. The molecule has 0 saturated carbocycles. The molecule has 0 saturated heterocycles. The summed E-state index contributed by atoms with van der Waals surface area (Å²) in [5.41, 5.74) is 1.70. The van der Waals surface area contributed by atoms with E-state index in [0.29, 0.717) is 19.2 Å². The Hall–Kier alpha value is -4.49. The van der Waals surface area contributed by atoms with E-state index in [1.54, 1.807) is 9.62 Å². The van der Waals surface area contributed by atoms with E-state index in [-0.39, 0.29) is 29.2 Å². The lowest BCUT2D eigenvalue weighted by molar-refractivity contribution is -0.140. The summed E-state index contributed by atoms with van der Waals surface area (Å²) in [4.78, 5) is 20.4. The van der Waals surface area contributed by atoms with E-state index in [2.05, 4.69) is 58.8 Å². The molecule has 2 heterocycles. The molecule has 4 rings (SSSR count). The number of fused-ring (bicyclic) bond motifs is 1. The summed E-state index contributed by atoms with van der Waals surface area (Å²) in [7, 11) is -2.56. The first-order valence-corrected chi connectivity index (χ1v) is 18.2. The number of nitrogens with zero attached hydrogens (tertiary/aromatic N) is 5. The molecule has 0 aliphatic rings. The van der Waals surface area contributed by atoms with Gasteiger partial charge in [0.2, 0.25) is 11.6 Å². The first-order chi connectivity index (χ1) is 25.2. The number of carbonyl (C=O) groups excluding carboxylic acids is 1. The number of para-hydroxylation sites is 1. The van der Waals surface area contributed by atoms with Gasteiger partial charge in [-0.2, -0.15) is 27.7 Å². The highest BCUT2D eigenvalue weighted by Gasteiger charge is 2.40. The summed E-state index contributed by atoms with van der Waals surface area (Å²) in [5.74, 6) is -1.60. The number of hydrogen-bond donors (Lipinski definition) is 1. The maximum absolute atomic E-state index is 13.5. The zero-order valence-electron chi connectivity index (χ0n) is 29.5. The van der Waals surface area contributed by atoms with E-state index < -0.39 is 51.4 Å². The number of ether oxygens (including phenoxy) is 4. The summed E-state index contributed by atoms with van der Waals surface area (Å²) in [6.45, 7) is 6.77. The molecule has 1 amide bonds. The molecule has 0 atom stereocenters. The van der Waals surface area contributed by atoms with E-state index in [0.717, 1.165) is 48.2 Å². The molecule has 0 radical (unpaired) electrons. The molecule has 0 aliphatic carbocycles. The zero-order valence-corrected chi connectivity index (χ0v) is 31.1. The SMILES string of the molecule is CCCOCCN(C(=O)CCl)c1c(CC)cccc1CC.COc1cnc(OC)n2nc(NS(=O)(=O)c3c(OCC(F)F)cccc3C(F)(F)F)nc12. The van der Waals surface area contributed by atoms with Crippen LogP contribution in [0.2, 0.25) is 0 Å². The average molecular weight is 795 g/mol. The second-order valence-corrected chi connectivity index (χ2v) is 12.7. The number of rotatable bonds is 17. The molecule has 0 spiro atoms. The second-order valence-electron chi connectivity index (χ2n) is 10.8. The summed E-state index contributed by atoms with van der Waals surface area (Å²) < 4.78 is 114. The second kappa shape index (κ2) is 19.5. The van der Waals surface area contributed by atoms with Crippen LogP contribution < -0.4 is 23.8 Å². The Balaban J connectivity index is 0.000000313. The quantitative estimate of drug-likeness (QED) is 0.0723. The van der Waals surface area contributed by atoms with Crippen molar-refractivity contribution in [1.29, 1.82) is 0 Å². The Kier molecular flexibility index (Phi) is 15.8. The number of hydrogen-bond acceptors (Lipinski definition) is 10. The van der Waals surface area contributed by atoms with Gasteiger partial charge in [0, 0.05) is 13.2 Å². The molecule has 0 bridgehead atoms. The molecule has 4 aromatic rings. The molecule has 0 aliphatic heterocycles. The first-order valence-electron chi connectivity index (χ1n) is 16.2. The molecule has 2 aromatic heterocycles. The highest BCUT2D eigenvalue weighted by molar-refractivity contribution is 7.92. The minimum absolute atomic E-state index is 0.00498. The molecule has 13 nitrogen and oxygen atoms in total. The van der Waals surface area contributed by atoms with Crippen LogP contribution in [0, 0.1) is 0 Å². The largest absolute Gasteiger partial charge is 0.491 e. The fourth-order valence-electron chi connectivity index (χ4n) is 5.01. The van der Waals surface area contributed by atoms with Crippen molar-refractivity contribution in [2.45, 2.75) is 57.5 Å². The maximum atomic E-state index is 13.5. The van der Waals surface area contributed by atoms with Crippen LogP contribution in [0.15, 0.2) is 47.5 Å². The number of carbonyl (C=O) groups is 1. The van der Waals surface area contributed by atoms with Crippen molar-refractivity contribution in [3.63, 3.8) is 0 Å². The molecular weight excluding hydrogens is 755 g/mol. The Morgan fingerprint density at radius 1 is 1.00 bits per heavy atom. The first kappa shape index (κ1) is 42.9. The van der Waals surface area contributed by atoms with Crippen LogP contribution in [0.1, 0.15) is 43.9 Å². The lowest BCUT2D eigenvalue weighted by Gasteiger charge is -2.27. The van der Waals surface area contributed by atoms with Gasteiger partial charge in [0.05, 0.1) is 38.3 Å². The fourth-order valence-corrected chi connectivity index (χ4v) is 6.45. The monoisotopic (exact) mass is 794 g/mol. The Labute approximate surface area is 308 Å². The van der Waals surface area contributed by atoms with Gasteiger partial charge >= 0.3 is 12.2 Å².